The molecule has 2 aliphatic heterocycles. The maximum absolute atomic E-state index is 14.7. The zero-order chi connectivity index (χ0) is 49.6. The molecule has 8 rings (SSSR count). The molecule has 6 aliphatic rings. The Balaban J connectivity index is 0.921. The number of rotatable bonds is 17. The highest BCUT2D eigenvalue weighted by atomic mass is 16.7. The van der Waals surface area contributed by atoms with Crippen LogP contribution in [0.2, 0.25) is 0 Å². The highest BCUT2D eigenvalue weighted by Gasteiger charge is 2.76. The molecular formula is C53H59N3O13. The molecule has 4 N–H and O–H groups in total. The van der Waals surface area contributed by atoms with Crippen molar-refractivity contribution in [3.63, 3.8) is 0 Å². The number of hydrogen-bond acceptors (Lipinski definition) is 12. The van der Waals surface area contributed by atoms with Gasteiger partial charge < -0.3 is 35.1 Å². The van der Waals surface area contributed by atoms with E-state index in [1.807, 2.05) is 49.4 Å². The Morgan fingerprint density at radius 3 is 2.41 bits per heavy atom. The molecule has 4 amide bonds. The highest BCUT2D eigenvalue weighted by molar-refractivity contribution is 6.14. The first kappa shape index (κ1) is 49.1. The maximum Gasteiger partial charge on any atom is 0.306 e. The summed E-state index contributed by atoms with van der Waals surface area (Å²) in [6, 6.07) is 13.9. The van der Waals surface area contributed by atoms with Gasteiger partial charge in [-0.3, -0.25) is 43.3 Å². The first-order valence-corrected chi connectivity index (χ1v) is 23.6. The quantitative estimate of drug-likeness (QED) is 0.118. The summed E-state index contributed by atoms with van der Waals surface area (Å²) >= 11 is 0. The molecule has 2 aromatic carbocycles. The summed E-state index contributed by atoms with van der Waals surface area (Å²) in [6.07, 6.45) is 7.86. The van der Waals surface area contributed by atoms with Crippen molar-refractivity contribution in [3.8, 4) is 0 Å². The molecule has 2 heterocycles. The third kappa shape index (κ3) is 9.41. The Hall–Kier alpha value is -6.36. The number of Topliss-reactive ketones (excluding diaryl/α,β-unsaturated/α-hetero) is 2. The van der Waals surface area contributed by atoms with Crippen molar-refractivity contribution in [2.24, 2.45) is 34.5 Å². The number of anilines is 1. The van der Waals surface area contributed by atoms with Crippen LogP contribution in [0, 0.1) is 34.5 Å². The van der Waals surface area contributed by atoms with E-state index in [1.54, 1.807) is 19.1 Å². The SMILES string of the molecule is C=C1C=C[C@@]2(C)C(=C1)CC[C@@H]1[C@@H]2[C@@H](O)C[C@@]2(C)[C@H]1C[C@H]1O[C@@H](c3ccc(Cc4cccc(NC(=O)[C@H](C)CC(=O)[C@H](C)NC(=O)CN5C(=O)C=CC5=O)c4)cc3)O[C@]12C(=O)COC(=O)CCC(=O)O. The number of ketones is 2. The predicted octanol–water partition coefficient (Wildman–Crippen LogP) is 5.25. The Morgan fingerprint density at radius 2 is 1.70 bits per heavy atom. The second-order valence-corrected chi connectivity index (χ2v) is 20.0. The summed E-state index contributed by atoms with van der Waals surface area (Å²) in [5, 5.41) is 26.6. The van der Waals surface area contributed by atoms with Gasteiger partial charge in [0, 0.05) is 52.5 Å². The Labute approximate surface area is 400 Å². The van der Waals surface area contributed by atoms with Gasteiger partial charge in [-0.05, 0) is 79.7 Å². The van der Waals surface area contributed by atoms with Crippen LogP contribution in [0.4, 0.5) is 5.69 Å². The number of nitrogens with one attached hydrogen (secondary N) is 2. The van der Waals surface area contributed by atoms with Crippen LogP contribution in [0.15, 0.2) is 96.6 Å². The number of aliphatic hydroxyl groups excluding tert-OH is 1. The predicted molar refractivity (Wildman–Crippen MR) is 248 cm³/mol. The molecule has 364 valence electrons. The van der Waals surface area contributed by atoms with Gasteiger partial charge in [0.25, 0.3) is 11.8 Å². The first-order valence-electron chi connectivity index (χ1n) is 23.6. The number of carbonyl (C=O) groups excluding carboxylic acids is 7. The van der Waals surface area contributed by atoms with Crippen LogP contribution in [0.25, 0.3) is 0 Å². The van der Waals surface area contributed by atoms with Crippen molar-refractivity contribution in [2.75, 3.05) is 18.5 Å². The fourth-order valence-corrected chi connectivity index (χ4v) is 12.1. The lowest BCUT2D eigenvalue weighted by Crippen LogP contribution is -2.63. The smallest absolute Gasteiger partial charge is 0.306 e. The van der Waals surface area contributed by atoms with Gasteiger partial charge in [-0.2, -0.15) is 0 Å². The summed E-state index contributed by atoms with van der Waals surface area (Å²) in [5.74, 6) is -6.02. The van der Waals surface area contributed by atoms with Crippen molar-refractivity contribution in [1.82, 2.24) is 10.2 Å². The number of esters is 1. The average molecular weight is 946 g/mol. The fraction of sp³-hybridized carbons (Fsp3) is 0.472. The van der Waals surface area contributed by atoms with E-state index in [0.717, 1.165) is 46.6 Å². The number of amides is 4. The lowest BCUT2D eigenvalue weighted by molar-refractivity contribution is -0.202. The van der Waals surface area contributed by atoms with Crippen LogP contribution in [-0.4, -0.2) is 99.2 Å². The fourth-order valence-electron chi connectivity index (χ4n) is 12.1. The highest BCUT2D eigenvalue weighted by Crippen LogP contribution is 2.70. The number of carboxylic acid groups (broad SMARTS) is 1. The van der Waals surface area contributed by atoms with E-state index in [-0.39, 0.29) is 42.4 Å². The first-order chi connectivity index (χ1) is 32.7. The van der Waals surface area contributed by atoms with Crippen molar-refractivity contribution in [1.29, 1.82) is 0 Å². The molecule has 16 nitrogen and oxygen atoms in total. The number of benzene rings is 2. The Bertz CT molecular complexity index is 2560. The number of carboxylic acids is 1. The van der Waals surface area contributed by atoms with Crippen molar-refractivity contribution < 1.29 is 62.8 Å². The van der Waals surface area contributed by atoms with Gasteiger partial charge in [0.15, 0.2) is 24.3 Å². The van der Waals surface area contributed by atoms with Gasteiger partial charge in [0.2, 0.25) is 17.6 Å². The number of nitrogens with zero attached hydrogens (tertiary/aromatic N) is 1. The lowest BCUT2D eigenvalue weighted by Gasteiger charge is -2.59. The molecule has 0 unspecified atom stereocenters. The summed E-state index contributed by atoms with van der Waals surface area (Å²) in [6.45, 7) is 10.2. The zero-order valence-electron chi connectivity index (χ0n) is 39.2. The lowest BCUT2D eigenvalue weighted by atomic mass is 9.46. The van der Waals surface area contributed by atoms with Gasteiger partial charge in [0.1, 0.15) is 6.54 Å². The van der Waals surface area contributed by atoms with Crippen molar-refractivity contribution in [2.45, 2.75) is 109 Å². The summed E-state index contributed by atoms with van der Waals surface area (Å²) < 4.78 is 19.0. The van der Waals surface area contributed by atoms with E-state index in [4.69, 9.17) is 19.3 Å². The van der Waals surface area contributed by atoms with E-state index in [1.165, 1.54) is 12.5 Å². The summed E-state index contributed by atoms with van der Waals surface area (Å²) in [7, 11) is 0. The molecule has 16 heteroatoms. The van der Waals surface area contributed by atoms with Crippen LogP contribution in [-0.2, 0) is 59.0 Å². The number of allylic oxidation sites excluding steroid dienone is 5. The number of fused-ring (bicyclic) bond motifs is 7. The monoisotopic (exact) mass is 945 g/mol. The largest absolute Gasteiger partial charge is 0.481 e. The number of carbonyl (C=O) groups is 8. The molecule has 0 spiro atoms. The molecule has 0 radical (unpaired) electrons. The minimum Gasteiger partial charge on any atom is -0.481 e. The van der Waals surface area contributed by atoms with Crippen LogP contribution >= 0.6 is 0 Å². The average Bonchev–Trinajstić information content (AvgIpc) is 3.93. The van der Waals surface area contributed by atoms with E-state index in [2.05, 4.69) is 36.3 Å². The summed E-state index contributed by atoms with van der Waals surface area (Å²) in [4.78, 5) is 101. The molecule has 69 heavy (non-hydrogen) atoms. The Kier molecular flexibility index (Phi) is 13.7. The third-order valence-corrected chi connectivity index (χ3v) is 15.5. The van der Waals surface area contributed by atoms with Gasteiger partial charge >= 0.3 is 11.9 Å². The summed E-state index contributed by atoms with van der Waals surface area (Å²) in [5.41, 5.74) is 2.31. The number of imide groups is 1. The molecule has 4 aliphatic carbocycles. The molecule has 2 aromatic rings. The molecule has 3 saturated carbocycles. The molecular weight excluding hydrogens is 887 g/mol. The molecule has 11 atom stereocenters. The maximum atomic E-state index is 14.7. The van der Waals surface area contributed by atoms with Crippen LogP contribution in [0.1, 0.15) is 95.6 Å². The van der Waals surface area contributed by atoms with Gasteiger partial charge in [0.05, 0.1) is 31.1 Å². The second kappa shape index (κ2) is 19.2. The molecule has 4 fully saturated rings. The minimum atomic E-state index is -1.58. The Morgan fingerprint density at radius 1 is 0.971 bits per heavy atom. The van der Waals surface area contributed by atoms with Gasteiger partial charge in [-0.1, -0.05) is 87.5 Å². The minimum absolute atomic E-state index is 0.0398. The normalized spacial score (nSPS) is 30.6. The molecule has 0 aromatic heterocycles. The van der Waals surface area contributed by atoms with E-state index < -0.39 is 108 Å². The van der Waals surface area contributed by atoms with Gasteiger partial charge in [-0.25, -0.2) is 0 Å². The number of ether oxygens (including phenoxy) is 3. The van der Waals surface area contributed by atoms with E-state index >= 15 is 0 Å². The van der Waals surface area contributed by atoms with E-state index in [0.29, 0.717) is 24.1 Å². The number of hydrogen-bond donors (Lipinski definition) is 4. The number of aliphatic hydroxyl groups is 1. The zero-order valence-corrected chi connectivity index (χ0v) is 39.2. The van der Waals surface area contributed by atoms with Crippen molar-refractivity contribution >= 4 is 52.8 Å². The van der Waals surface area contributed by atoms with Crippen LogP contribution in [0.3, 0.4) is 0 Å². The number of aliphatic carboxylic acids is 1. The standard InChI is InChI=1S/C53H59N3O13/c1-29-19-20-51(4)35(21-29)13-14-37-38-25-42-53(52(38,5)26-40(58)48(37)51,41(59)28-67-47(65)18-17-46(63)64)69-50(68-42)34-11-9-32(10-12-34)23-33-7-6-8-36(24-33)55-49(66)30(2)22-39(57)31(3)54-43(60)27-56-44(61)15-16-45(56)62/h6-12,15-16,19-21,24,30-31,37-38,40,42,48,50,58H,1,13-14,17-18,22-23,25-28H2,2-5H3,(H,54,60)(H,55,66)(H,63,64)/t30-,31+,37+,38+,40+,42-,48-,50-,51+,52+,53-/m1/s1. The van der Waals surface area contributed by atoms with Gasteiger partial charge in [-0.15, -0.1) is 0 Å². The van der Waals surface area contributed by atoms with E-state index in [9.17, 15) is 43.5 Å². The molecule has 1 saturated heterocycles. The topological polar surface area (TPSA) is 232 Å². The second-order valence-electron chi connectivity index (χ2n) is 20.0. The molecule has 0 bridgehead atoms. The van der Waals surface area contributed by atoms with Crippen LogP contribution in [0.5, 0.6) is 0 Å². The third-order valence-electron chi connectivity index (χ3n) is 15.5. The van der Waals surface area contributed by atoms with Crippen molar-refractivity contribution in [3.05, 3.63) is 113 Å². The van der Waals surface area contributed by atoms with Crippen LogP contribution < -0.4 is 10.6 Å².